The lowest BCUT2D eigenvalue weighted by molar-refractivity contribution is 0.157. The van der Waals surface area contributed by atoms with Crippen LogP contribution in [0.15, 0.2) is 29.2 Å². The molecule has 1 aliphatic rings. The van der Waals surface area contributed by atoms with Crippen LogP contribution in [-0.2, 0) is 0 Å². The van der Waals surface area contributed by atoms with Crippen molar-refractivity contribution in [2.45, 2.75) is 43.5 Å². The van der Waals surface area contributed by atoms with Crippen LogP contribution in [0.4, 0.5) is 10.5 Å². The molecule has 0 radical (unpaired) electrons. The maximum absolute atomic E-state index is 12.1. The highest BCUT2D eigenvalue weighted by Crippen LogP contribution is 2.28. The van der Waals surface area contributed by atoms with Crippen LogP contribution in [-0.4, -0.2) is 54.1 Å². The first-order chi connectivity index (χ1) is 13.1. The molecule has 27 heavy (non-hydrogen) atoms. The van der Waals surface area contributed by atoms with E-state index in [1.807, 2.05) is 31.2 Å². The van der Waals surface area contributed by atoms with Crippen LogP contribution in [0.25, 0.3) is 0 Å². The number of nitrogens with zero attached hydrogens (tertiary/aromatic N) is 2. The van der Waals surface area contributed by atoms with Crippen molar-refractivity contribution in [1.29, 1.82) is 5.26 Å². The summed E-state index contributed by atoms with van der Waals surface area (Å²) in [6, 6.07) is 9.99. The zero-order valence-electron chi connectivity index (χ0n) is 16.0. The average molecular weight is 391 g/mol. The van der Waals surface area contributed by atoms with E-state index in [1.54, 1.807) is 11.8 Å². The lowest BCUT2D eigenvalue weighted by Gasteiger charge is -2.22. The molecule has 2 unspecified atom stereocenters. The summed E-state index contributed by atoms with van der Waals surface area (Å²) in [5.74, 6) is 0.667. The Kier molecular flexibility index (Phi) is 9.46. The number of anilines is 1. The molecule has 0 bridgehead atoms. The third kappa shape index (κ3) is 7.41. The molecule has 1 aromatic carbocycles. The first kappa shape index (κ1) is 21.5. The highest BCUT2D eigenvalue weighted by molar-refractivity contribution is 7.99. The van der Waals surface area contributed by atoms with Gasteiger partial charge < -0.3 is 15.7 Å². The minimum Gasteiger partial charge on any atom is -0.395 e. The van der Waals surface area contributed by atoms with Crippen molar-refractivity contribution in [1.82, 2.24) is 10.2 Å². The van der Waals surface area contributed by atoms with Gasteiger partial charge >= 0.3 is 6.03 Å². The van der Waals surface area contributed by atoms with E-state index >= 15 is 0 Å². The number of para-hydroxylation sites is 1. The van der Waals surface area contributed by atoms with Gasteiger partial charge in [0.15, 0.2) is 0 Å². The average Bonchev–Trinajstić information content (AvgIpc) is 3.14. The van der Waals surface area contributed by atoms with Gasteiger partial charge in [0.25, 0.3) is 0 Å². The molecule has 1 aliphatic heterocycles. The number of thioether (sulfide) groups is 1. The van der Waals surface area contributed by atoms with Gasteiger partial charge in [-0.1, -0.05) is 12.1 Å². The molecule has 1 fully saturated rings. The number of nitrogens with one attached hydrogen (secondary N) is 2. The highest BCUT2D eigenvalue weighted by Gasteiger charge is 2.22. The molecular weight excluding hydrogens is 360 g/mol. The van der Waals surface area contributed by atoms with Crippen molar-refractivity contribution >= 4 is 23.5 Å². The molecule has 2 atom stereocenters. The second-order valence-corrected chi connectivity index (χ2v) is 8.00. The molecule has 0 saturated carbocycles. The molecule has 0 aromatic heterocycles. The summed E-state index contributed by atoms with van der Waals surface area (Å²) >= 11 is 1.58. The molecule has 1 heterocycles. The Labute approximate surface area is 166 Å². The molecule has 2 rings (SSSR count). The van der Waals surface area contributed by atoms with Crippen LogP contribution in [0.1, 0.15) is 32.6 Å². The van der Waals surface area contributed by atoms with E-state index in [1.165, 1.54) is 0 Å². The first-order valence-electron chi connectivity index (χ1n) is 9.65. The Morgan fingerprint density at radius 1 is 1.44 bits per heavy atom. The van der Waals surface area contributed by atoms with Gasteiger partial charge in [-0.05, 0) is 57.8 Å². The molecule has 1 saturated heterocycles. The van der Waals surface area contributed by atoms with Crippen molar-refractivity contribution in [2.75, 3.05) is 37.3 Å². The molecule has 2 amide bonds. The van der Waals surface area contributed by atoms with Gasteiger partial charge in [-0.2, -0.15) is 5.26 Å². The summed E-state index contributed by atoms with van der Waals surface area (Å²) in [4.78, 5) is 15.5. The van der Waals surface area contributed by atoms with Crippen LogP contribution in [0.3, 0.4) is 0 Å². The van der Waals surface area contributed by atoms with Gasteiger partial charge in [0.2, 0.25) is 0 Å². The zero-order valence-corrected chi connectivity index (χ0v) is 16.8. The van der Waals surface area contributed by atoms with E-state index in [0.29, 0.717) is 18.3 Å². The van der Waals surface area contributed by atoms with Gasteiger partial charge in [0, 0.05) is 23.2 Å². The van der Waals surface area contributed by atoms with E-state index in [-0.39, 0.29) is 18.6 Å². The van der Waals surface area contributed by atoms with Crippen LogP contribution in [0, 0.1) is 17.2 Å². The molecule has 7 heteroatoms. The van der Waals surface area contributed by atoms with Crippen LogP contribution >= 0.6 is 11.8 Å². The number of nitriles is 1. The van der Waals surface area contributed by atoms with Crippen molar-refractivity contribution in [3.05, 3.63) is 24.3 Å². The fourth-order valence-corrected chi connectivity index (χ4v) is 4.11. The maximum Gasteiger partial charge on any atom is 0.319 e. The summed E-state index contributed by atoms with van der Waals surface area (Å²) in [5, 5.41) is 24.0. The molecule has 0 spiro atoms. The van der Waals surface area contributed by atoms with E-state index in [4.69, 9.17) is 5.26 Å². The number of benzene rings is 1. The zero-order chi connectivity index (χ0) is 19.5. The number of rotatable bonds is 10. The summed E-state index contributed by atoms with van der Waals surface area (Å²) < 4.78 is 0. The molecular formula is C20H30N4O2S. The van der Waals surface area contributed by atoms with Gasteiger partial charge in [-0.25, -0.2) is 4.79 Å². The number of carbonyl (C=O) groups excluding carboxylic acids is 1. The first-order valence-corrected chi connectivity index (χ1v) is 10.6. The maximum atomic E-state index is 12.1. The predicted octanol–water partition coefficient (Wildman–Crippen LogP) is 3.30. The second kappa shape index (κ2) is 11.9. The third-order valence-corrected chi connectivity index (χ3v) is 6.05. The minimum atomic E-state index is -0.203. The highest BCUT2D eigenvalue weighted by atomic mass is 32.2. The van der Waals surface area contributed by atoms with Crippen molar-refractivity contribution < 1.29 is 9.90 Å². The lowest BCUT2D eigenvalue weighted by atomic mass is 10.2. The van der Waals surface area contributed by atoms with E-state index in [2.05, 4.69) is 21.6 Å². The Hall–Kier alpha value is -1.75. The molecule has 1 aromatic rings. The summed E-state index contributed by atoms with van der Waals surface area (Å²) in [6.07, 6.45) is 4.17. The van der Waals surface area contributed by atoms with Crippen molar-refractivity contribution in [3.63, 3.8) is 0 Å². The Morgan fingerprint density at radius 2 is 2.26 bits per heavy atom. The normalized spacial score (nSPS) is 18.0. The van der Waals surface area contributed by atoms with Crippen LogP contribution < -0.4 is 10.6 Å². The number of hydrogen-bond donors (Lipinski definition) is 3. The molecule has 3 N–H and O–H groups in total. The standard InChI is InChI=1S/C20H30N4O2S/c1-16(13-21)15-27-19-9-3-2-8-18(19)23-20(26)22-10-4-5-11-24-12-6-7-17(24)14-25/h2-3,8-9,16-17,25H,4-7,10-12,14-15H2,1H3,(H2,22,23,26). The van der Waals surface area contributed by atoms with Gasteiger partial charge in [0.05, 0.1) is 24.3 Å². The van der Waals surface area contributed by atoms with E-state index in [0.717, 1.165) is 49.4 Å². The van der Waals surface area contributed by atoms with E-state index in [9.17, 15) is 9.90 Å². The number of aliphatic hydroxyl groups is 1. The predicted molar refractivity (Wildman–Crippen MR) is 110 cm³/mol. The molecule has 148 valence electrons. The summed E-state index contributed by atoms with van der Waals surface area (Å²) in [5.41, 5.74) is 0.771. The fourth-order valence-electron chi connectivity index (χ4n) is 3.15. The quantitative estimate of drug-likeness (QED) is 0.421. The van der Waals surface area contributed by atoms with Gasteiger partial charge in [-0.15, -0.1) is 11.8 Å². The number of likely N-dealkylation sites (tertiary alicyclic amines) is 1. The Bertz CT molecular complexity index is 635. The van der Waals surface area contributed by atoms with Crippen molar-refractivity contribution in [3.8, 4) is 6.07 Å². The number of urea groups is 1. The van der Waals surface area contributed by atoms with Gasteiger partial charge in [0.1, 0.15) is 0 Å². The second-order valence-electron chi connectivity index (χ2n) is 6.94. The lowest BCUT2D eigenvalue weighted by Crippen LogP contribution is -2.34. The monoisotopic (exact) mass is 390 g/mol. The number of aliphatic hydroxyl groups excluding tert-OH is 1. The molecule has 0 aliphatic carbocycles. The third-order valence-electron chi connectivity index (χ3n) is 4.71. The minimum absolute atomic E-state index is 0.0297. The van der Waals surface area contributed by atoms with Crippen LogP contribution in [0.2, 0.25) is 0 Å². The number of amides is 2. The van der Waals surface area contributed by atoms with Crippen molar-refractivity contribution in [2.24, 2.45) is 5.92 Å². The largest absolute Gasteiger partial charge is 0.395 e. The molecule has 6 nitrogen and oxygen atoms in total. The Balaban J connectivity index is 1.67. The summed E-state index contributed by atoms with van der Waals surface area (Å²) in [6.45, 7) is 4.80. The Morgan fingerprint density at radius 3 is 3.04 bits per heavy atom. The van der Waals surface area contributed by atoms with E-state index < -0.39 is 0 Å². The summed E-state index contributed by atoms with van der Waals surface area (Å²) in [7, 11) is 0. The number of carbonyl (C=O) groups is 1. The number of hydrogen-bond acceptors (Lipinski definition) is 5. The SMILES string of the molecule is CC(C#N)CSc1ccccc1NC(=O)NCCCCN1CCCC1CO. The van der Waals surface area contributed by atoms with Crippen LogP contribution in [0.5, 0.6) is 0 Å². The fraction of sp³-hybridized carbons (Fsp3) is 0.600. The van der Waals surface area contributed by atoms with Gasteiger partial charge in [-0.3, -0.25) is 4.90 Å². The topological polar surface area (TPSA) is 88.4 Å². The number of unbranched alkanes of at least 4 members (excludes halogenated alkanes) is 1. The smallest absolute Gasteiger partial charge is 0.319 e.